The highest BCUT2D eigenvalue weighted by Crippen LogP contribution is 2.32. The van der Waals surface area contributed by atoms with E-state index in [1.165, 1.54) is 5.56 Å². The number of ether oxygens (including phenoxy) is 2. The first kappa shape index (κ1) is 15.9. The third-order valence-electron chi connectivity index (χ3n) is 4.16. The van der Waals surface area contributed by atoms with Gasteiger partial charge in [0.15, 0.2) is 17.5 Å². The van der Waals surface area contributed by atoms with Crippen LogP contribution >= 0.6 is 0 Å². The molecule has 0 radical (unpaired) electrons. The molecule has 1 aromatic rings. The molecule has 0 bridgehead atoms. The molecule has 0 saturated carbocycles. The normalized spacial score (nSPS) is 18.3. The van der Waals surface area contributed by atoms with Crippen LogP contribution in [0.3, 0.4) is 0 Å². The van der Waals surface area contributed by atoms with Crippen LogP contribution in [0, 0.1) is 0 Å². The van der Waals surface area contributed by atoms with E-state index in [2.05, 4.69) is 46.1 Å². The number of rotatable bonds is 4. The van der Waals surface area contributed by atoms with Gasteiger partial charge in [-0.3, -0.25) is 9.89 Å². The Hall–Kier alpha value is -1.95. The Morgan fingerprint density at radius 1 is 1.13 bits per heavy atom. The molecule has 126 valence electrons. The maximum Gasteiger partial charge on any atom is 0.231 e. The number of benzene rings is 1. The lowest BCUT2D eigenvalue weighted by Crippen LogP contribution is -2.52. The van der Waals surface area contributed by atoms with Crippen molar-refractivity contribution in [3.63, 3.8) is 0 Å². The van der Waals surface area contributed by atoms with Crippen LogP contribution in [0.1, 0.15) is 19.4 Å². The molecule has 2 aliphatic heterocycles. The van der Waals surface area contributed by atoms with E-state index in [0.717, 1.165) is 63.3 Å². The van der Waals surface area contributed by atoms with Gasteiger partial charge in [0.1, 0.15) is 0 Å². The summed E-state index contributed by atoms with van der Waals surface area (Å²) in [6.45, 7) is 11.3. The van der Waals surface area contributed by atoms with Crippen molar-refractivity contribution in [1.29, 1.82) is 0 Å². The van der Waals surface area contributed by atoms with Gasteiger partial charge in [-0.05, 0) is 31.5 Å². The number of fused-ring (bicyclic) bond motifs is 1. The van der Waals surface area contributed by atoms with Crippen molar-refractivity contribution in [2.24, 2.45) is 4.99 Å². The minimum Gasteiger partial charge on any atom is -0.454 e. The molecule has 0 aliphatic carbocycles. The predicted octanol–water partition coefficient (Wildman–Crippen LogP) is 1.52. The highest BCUT2D eigenvalue weighted by Gasteiger charge is 2.20. The van der Waals surface area contributed by atoms with Crippen LogP contribution in [0.15, 0.2) is 23.2 Å². The first-order valence-electron chi connectivity index (χ1n) is 8.44. The summed E-state index contributed by atoms with van der Waals surface area (Å²) in [5.74, 6) is 2.76. The van der Waals surface area contributed by atoms with Gasteiger partial charge in [-0.2, -0.15) is 0 Å². The molecule has 1 fully saturated rings. The summed E-state index contributed by atoms with van der Waals surface area (Å²) in [6, 6.07) is 6.23. The van der Waals surface area contributed by atoms with Crippen molar-refractivity contribution in [3.8, 4) is 11.5 Å². The Bertz CT molecular complexity index is 554. The molecular weight excluding hydrogens is 292 g/mol. The fourth-order valence-electron chi connectivity index (χ4n) is 2.99. The molecule has 0 aromatic heterocycles. The molecule has 3 rings (SSSR count). The van der Waals surface area contributed by atoms with Gasteiger partial charge in [0.2, 0.25) is 6.79 Å². The lowest BCUT2D eigenvalue weighted by molar-refractivity contribution is 0.171. The van der Waals surface area contributed by atoms with Crippen molar-refractivity contribution < 1.29 is 9.47 Å². The standard InChI is InChI=1S/C17H26N4O2/c1-3-18-17(19-4-2)21-9-7-20(8-10-21)12-14-5-6-15-16(11-14)23-13-22-15/h5-6,11H,3-4,7-10,12-13H2,1-2H3,(H,18,19). The molecule has 0 amide bonds. The van der Waals surface area contributed by atoms with Crippen LogP contribution in [-0.4, -0.2) is 61.8 Å². The second-order valence-electron chi connectivity index (χ2n) is 5.78. The number of aliphatic imine (C=N–C) groups is 1. The summed E-state index contributed by atoms with van der Waals surface area (Å²) in [4.78, 5) is 9.39. The average molecular weight is 318 g/mol. The number of guanidine groups is 1. The third kappa shape index (κ3) is 3.88. The summed E-state index contributed by atoms with van der Waals surface area (Å²) in [5, 5.41) is 3.37. The van der Waals surface area contributed by atoms with Crippen LogP contribution in [-0.2, 0) is 6.54 Å². The summed E-state index contributed by atoms with van der Waals surface area (Å²) < 4.78 is 10.8. The quantitative estimate of drug-likeness (QED) is 0.674. The van der Waals surface area contributed by atoms with E-state index in [1.807, 2.05) is 6.07 Å². The van der Waals surface area contributed by atoms with Crippen molar-refractivity contribution in [2.45, 2.75) is 20.4 Å². The number of hydrogen-bond acceptors (Lipinski definition) is 4. The van der Waals surface area contributed by atoms with Crippen molar-refractivity contribution in [1.82, 2.24) is 15.1 Å². The predicted molar refractivity (Wildman–Crippen MR) is 91.1 cm³/mol. The molecule has 2 heterocycles. The Morgan fingerprint density at radius 3 is 2.65 bits per heavy atom. The summed E-state index contributed by atoms with van der Waals surface area (Å²) in [6.07, 6.45) is 0. The zero-order valence-corrected chi connectivity index (χ0v) is 14.0. The SMILES string of the molecule is CCN=C(NCC)N1CCN(Cc2ccc3c(c2)OCO3)CC1. The molecule has 0 spiro atoms. The zero-order valence-electron chi connectivity index (χ0n) is 14.0. The summed E-state index contributed by atoms with van der Waals surface area (Å²) in [5.41, 5.74) is 1.27. The van der Waals surface area contributed by atoms with E-state index in [4.69, 9.17) is 9.47 Å². The largest absolute Gasteiger partial charge is 0.454 e. The minimum atomic E-state index is 0.335. The maximum absolute atomic E-state index is 5.46. The van der Waals surface area contributed by atoms with E-state index < -0.39 is 0 Å². The Morgan fingerprint density at radius 2 is 1.91 bits per heavy atom. The van der Waals surface area contributed by atoms with Crippen LogP contribution in [0.4, 0.5) is 0 Å². The Balaban J connectivity index is 1.54. The lowest BCUT2D eigenvalue weighted by Gasteiger charge is -2.36. The molecule has 6 nitrogen and oxygen atoms in total. The third-order valence-corrected chi connectivity index (χ3v) is 4.16. The Kier molecular flexibility index (Phi) is 5.23. The molecular formula is C17H26N4O2. The topological polar surface area (TPSA) is 49.3 Å². The highest BCUT2D eigenvalue weighted by atomic mass is 16.7. The molecule has 0 unspecified atom stereocenters. The van der Waals surface area contributed by atoms with Gasteiger partial charge in [0.25, 0.3) is 0 Å². The first-order valence-corrected chi connectivity index (χ1v) is 8.44. The van der Waals surface area contributed by atoms with E-state index in [1.54, 1.807) is 0 Å². The second kappa shape index (κ2) is 7.55. The number of piperazine rings is 1. The van der Waals surface area contributed by atoms with Gasteiger partial charge >= 0.3 is 0 Å². The van der Waals surface area contributed by atoms with Crippen molar-refractivity contribution >= 4 is 5.96 Å². The van der Waals surface area contributed by atoms with E-state index >= 15 is 0 Å². The average Bonchev–Trinajstić information content (AvgIpc) is 3.03. The fourth-order valence-corrected chi connectivity index (χ4v) is 2.99. The maximum atomic E-state index is 5.46. The van der Waals surface area contributed by atoms with Crippen molar-refractivity contribution in [3.05, 3.63) is 23.8 Å². The van der Waals surface area contributed by atoms with Gasteiger partial charge < -0.3 is 19.7 Å². The molecule has 1 aromatic carbocycles. The van der Waals surface area contributed by atoms with Crippen LogP contribution < -0.4 is 14.8 Å². The van der Waals surface area contributed by atoms with Crippen LogP contribution in [0.2, 0.25) is 0 Å². The summed E-state index contributed by atoms with van der Waals surface area (Å²) in [7, 11) is 0. The first-order chi connectivity index (χ1) is 11.3. The molecule has 0 atom stereocenters. The molecule has 23 heavy (non-hydrogen) atoms. The van der Waals surface area contributed by atoms with E-state index in [9.17, 15) is 0 Å². The zero-order chi connectivity index (χ0) is 16.1. The van der Waals surface area contributed by atoms with Crippen LogP contribution in [0.5, 0.6) is 11.5 Å². The Labute approximate surface area is 138 Å². The molecule has 1 saturated heterocycles. The van der Waals surface area contributed by atoms with Gasteiger partial charge in [-0.25, -0.2) is 0 Å². The molecule has 2 aliphatic rings. The van der Waals surface area contributed by atoms with Gasteiger partial charge in [-0.1, -0.05) is 6.07 Å². The number of nitrogens with one attached hydrogen (secondary N) is 1. The minimum absolute atomic E-state index is 0.335. The molecule has 1 N–H and O–H groups in total. The van der Waals surface area contributed by atoms with Gasteiger partial charge in [-0.15, -0.1) is 0 Å². The molecule has 6 heteroatoms. The lowest BCUT2D eigenvalue weighted by atomic mass is 10.1. The van der Waals surface area contributed by atoms with E-state index in [0.29, 0.717) is 6.79 Å². The monoisotopic (exact) mass is 318 g/mol. The smallest absolute Gasteiger partial charge is 0.231 e. The van der Waals surface area contributed by atoms with Crippen LogP contribution in [0.25, 0.3) is 0 Å². The second-order valence-corrected chi connectivity index (χ2v) is 5.78. The van der Waals surface area contributed by atoms with E-state index in [-0.39, 0.29) is 0 Å². The van der Waals surface area contributed by atoms with Gasteiger partial charge in [0.05, 0.1) is 0 Å². The van der Waals surface area contributed by atoms with Gasteiger partial charge in [0, 0.05) is 45.8 Å². The fraction of sp³-hybridized carbons (Fsp3) is 0.588. The summed E-state index contributed by atoms with van der Waals surface area (Å²) >= 11 is 0. The highest BCUT2D eigenvalue weighted by molar-refractivity contribution is 5.80. The van der Waals surface area contributed by atoms with Crippen molar-refractivity contribution in [2.75, 3.05) is 46.1 Å². The number of nitrogens with zero attached hydrogens (tertiary/aromatic N) is 3. The number of hydrogen-bond donors (Lipinski definition) is 1.